The van der Waals surface area contributed by atoms with Crippen LogP contribution in [0, 0.1) is 17.8 Å². The van der Waals surface area contributed by atoms with Crippen molar-refractivity contribution in [2.24, 2.45) is 17.8 Å². The molecule has 0 aliphatic heterocycles. The molecule has 4 heteroatoms. The average Bonchev–Trinajstić information content (AvgIpc) is 3.07. The highest BCUT2D eigenvalue weighted by Gasteiger charge is 2.20. The molecule has 3 rings (SSSR count). The van der Waals surface area contributed by atoms with Gasteiger partial charge in [-0.05, 0) is 109 Å². The topological polar surface area (TPSA) is 27.7 Å². The Morgan fingerprint density at radius 2 is 0.592 bits per heavy atom. The summed E-state index contributed by atoms with van der Waals surface area (Å²) in [5, 5.41) is 0. The van der Waals surface area contributed by atoms with Gasteiger partial charge in [0.2, 0.25) is 0 Å². The van der Waals surface area contributed by atoms with E-state index in [1.807, 2.05) is 0 Å². The van der Waals surface area contributed by atoms with Gasteiger partial charge in [-0.25, -0.2) is 0 Å². The highest BCUT2D eigenvalue weighted by molar-refractivity contribution is 7.43. The number of benzene rings is 3. The van der Waals surface area contributed by atoms with Gasteiger partial charge in [0.25, 0.3) is 0 Å². The van der Waals surface area contributed by atoms with Crippen LogP contribution in [-0.4, -0.2) is 0 Å². The van der Waals surface area contributed by atoms with Crippen LogP contribution in [0.4, 0.5) is 0 Å². The van der Waals surface area contributed by atoms with Crippen molar-refractivity contribution in [3.63, 3.8) is 0 Å². The second-order valence-corrected chi connectivity index (χ2v) is 16.5. The molecule has 0 heterocycles. The van der Waals surface area contributed by atoms with Crippen molar-refractivity contribution < 1.29 is 13.6 Å². The zero-order valence-electron chi connectivity index (χ0n) is 32.1. The van der Waals surface area contributed by atoms with Crippen LogP contribution in [0.3, 0.4) is 0 Å². The van der Waals surface area contributed by atoms with Crippen molar-refractivity contribution in [3.8, 4) is 17.2 Å². The lowest BCUT2D eigenvalue weighted by molar-refractivity contribution is 0.388. The fourth-order valence-electron chi connectivity index (χ4n) is 6.17. The molecule has 272 valence electrons. The maximum atomic E-state index is 6.38. The van der Waals surface area contributed by atoms with E-state index in [-0.39, 0.29) is 0 Å². The first-order chi connectivity index (χ1) is 23.8. The van der Waals surface area contributed by atoms with E-state index in [0.717, 1.165) is 54.3 Å². The normalized spacial score (nSPS) is 11.6. The molecule has 0 aliphatic carbocycles. The van der Waals surface area contributed by atoms with Gasteiger partial charge in [-0.3, -0.25) is 0 Å². The van der Waals surface area contributed by atoms with Gasteiger partial charge in [0.1, 0.15) is 17.2 Å². The summed E-state index contributed by atoms with van der Waals surface area (Å²) in [6, 6.07) is 25.5. The monoisotopic (exact) mass is 688 g/mol. The fraction of sp³-hybridized carbons (Fsp3) is 0.600. The number of aryl methyl sites for hydroxylation is 3. The van der Waals surface area contributed by atoms with Crippen molar-refractivity contribution in [2.75, 3.05) is 0 Å². The first-order valence-electron chi connectivity index (χ1n) is 19.9. The third kappa shape index (κ3) is 19.5. The number of rotatable bonds is 27. The van der Waals surface area contributed by atoms with Crippen LogP contribution in [0.2, 0.25) is 0 Å². The van der Waals surface area contributed by atoms with Crippen LogP contribution in [-0.2, 0) is 19.3 Å². The summed E-state index contributed by atoms with van der Waals surface area (Å²) in [6.45, 7) is 13.9. The third-order valence-electron chi connectivity index (χ3n) is 9.30. The van der Waals surface area contributed by atoms with Gasteiger partial charge in [0, 0.05) is 0 Å². The standard InChI is InChI=1S/C45H69O3P/c1-37(2)19-13-7-10-16-22-40-25-31-43(32-26-40)46-49(47-44-33-27-41(28-34-44)23-17-11-8-14-20-38(3)4)48-45-35-29-42(30-36-45)24-18-12-9-15-21-39(5)6/h25-39H,7-24H2,1-6H3. The predicted molar refractivity (Wildman–Crippen MR) is 213 cm³/mol. The first-order valence-corrected chi connectivity index (χ1v) is 21.0. The Balaban J connectivity index is 1.54. The van der Waals surface area contributed by atoms with Crippen LogP contribution < -0.4 is 13.6 Å². The smallest absolute Gasteiger partial charge is 0.409 e. The minimum atomic E-state index is -1.69. The Bertz CT molecular complexity index is 1060. The molecule has 0 bridgehead atoms. The van der Waals surface area contributed by atoms with Gasteiger partial charge < -0.3 is 13.6 Å². The van der Waals surface area contributed by atoms with Gasteiger partial charge >= 0.3 is 8.60 Å². The van der Waals surface area contributed by atoms with Gasteiger partial charge in [-0.2, -0.15) is 0 Å². The number of unbranched alkanes of at least 4 members (excludes halogenated alkanes) is 9. The Morgan fingerprint density at radius 1 is 0.347 bits per heavy atom. The molecule has 0 unspecified atom stereocenters. The quantitative estimate of drug-likeness (QED) is 0.0589. The second kappa shape index (κ2) is 24.6. The van der Waals surface area contributed by atoms with E-state index in [0.29, 0.717) is 0 Å². The Labute approximate surface area is 302 Å². The number of hydrogen-bond donors (Lipinski definition) is 0. The van der Waals surface area contributed by atoms with Crippen molar-refractivity contribution in [1.82, 2.24) is 0 Å². The molecule has 0 radical (unpaired) electrons. The molecule has 0 saturated heterocycles. The Hall–Kier alpha value is -2.51. The summed E-state index contributed by atoms with van der Waals surface area (Å²) >= 11 is 0. The van der Waals surface area contributed by atoms with Crippen LogP contribution in [0.1, 0.15) is 155 Å². The minimum Gasteiger partial charge on any atom is -0.409 e. The maximum absolute atomic E-state index is 6.38. The summed E-state index contributed by atoms with van der Waals surface area (Å²) in [6.07, 6.45) is 23.0. The van der Waals surface area contributed by atoms with Crippen LogP contribution in [0.5, 0.6) is 17.2 Å². The van der Waals surface area contributed by atoms with Gasteiger partial charge in [0.15, 0.2) is 0 Å². The SMILES string of the molecule is CC(C)CCCCCCc1ccc(OP(Oc2ccc(CCCCCCC(C)C)cc2)Oc2ccc(CCCCCCC(C)C)cc2)cc1. The minimum absolute atomic E-state index is 0.773. The zero-order valence-corrected chi connectivity index (χ0v) is 33.0. The lowest BCUT2D eigenvalue weighted by atomic mass is 10.0. The van der Waals surface area contributed by atoms with Crippen molar-refractivity contribution >= 4 is 8.60 Å². The second-order valence-electron chi connectivity index (χ2n) is 15.5. The molecule has 0 atom stereocenters. The zero-order chi connectivity index (χ0) is 35.1. The van der Waals surface area contributed by atoms with E-state index in [4.69, 9.17) is 13.6 Å². The van der Waals surface area contributed by atoms with Crippen LogP contribution >= 0.6 is 8.60 Å². The summed E-state index contributed by atoms with van der Waals surface area (Å²) < 4.78 is 19.1. The molecule has 3 aromatic rings. The van der Waals surface area contributed by atoms with Crippen molar-refractivity contribution in [2.45, 2.75) is 157 Å². The molecular weight excluding hydrogens is 619 g/mol. The highest BCUT2D eigenvalue weighted by Crippen LogP contribution is 2.42. The van der Waals surface area contributed by atoms with E-state index in [1.165, 1.54) is 113 Å². The molecule has 3 aromatic carbocycles. The van der Waals surface area contributed by atoms with Gasteiger partial charge in [-0.1, -0.05) is 155 Å². The molecule has 0 aromatic heterocycles. The molecular formula is C45H69O3P. The van der Waals surface area contributed by atoms with E-state index in [1.54, 1.807) is 0 Å². The highest BCUT2D eigenvalue weighted by atomic mass is 31.2. The van der Waals surface area contributed by atoms with E-state index in [9.17, 15) is 0 Å². The molecule has 0 fully saturated rings. The van der Waals surface area contributed by atoms with Crippen LogP contribution in [0.15, 0.2) is 72.8 Å². The summed E-state index contributed by atoms with van der Waals surface area (Å²) in [5.74, 6) is 4.74. The van der Waals surface area contributed by atoms with Crippen molar-refractivity contribution in [1.29, 1.82) is 0 Å². The molecule has 0 aliphatic rings. The average molecular weight is 689 g/mol. The molecule has 0 spiro atoms. The van der Waals surface area contributed by atoms with Gasteiger partial charge in [-0.15, -0.1) is 0 Å². The van der Waals surface area contributed by atoms with Gasteiger partial charge in [0.05, 0.1) is 0 Å². The van der Waals surface area contributed by atoms with Crippen LogP contribution in [0.25, 0.3) is 0 Å². The largest absolute Gasteiger partial charge is 0.530 e. The Kier molecular flexibility index (Phi) is 20.5. The number of hydrogen-bond acceptors (Lipinski definition) is 3. The first kappa shape index (κ1) is 40.9. The molecule has 0 amide bonds. The van der Waals surface area contributed by atoms with Crippen molar-refractivity contribution in [3.05, 3.63) is 89.5 Å². The Morgan fingerprint density at radius 3 is 0.837 bits per heavy atom. The molecule has 0 N–H and O–H groups in total. The summed E-state index contributed by atoms with van der Waals surface area (Å²) in [5.41, 5.74) is 4.06. The molecule has 49 heavy (non-hydrogen) atoms. The predicted octanol–water partition coefficient (Wildman–Crippen LogP) is 14.9. The summed E-state index contributed by atoms with van der Waals surface area (Å²) in [4.78, 5) is 0. The van der Waals surface area contributed by atoms with E-state index >= 15 is 0 Å². The fourth-order valence-corrected chi connectivity index (χ4v) is 7.16. The molecule has 3 nitrogen and oxygen atoms in total. The third-order valence-corrected chi connectivity index (χ3v) is 10.4. The van der Waals surface area contributed by atoms with E-state index in [2.05, 4.69) is 114 Å². The summed E-state index contributed by atoms with van der Waals surface area (Å²) in [7, 11) is -1.69. The van der Waals surface area contributed by atoms with E-state index < -0.39 is 8.60 Å². The molecule has 0 saturated carbocycles. The lowest BCUT2D eigenvalue weighted by Crippen LogP contribution is -2.03. The lowest BCUT2D eigenvalue weighted by Gasteiger charge is -2.18. The maximum Gasteiger partial charge on any atom is 0.530 e.